The van der Waals surface area contributed by atoms with Gasteiger partial charge in [0.25, 0.3) is 11.8 Å². The topological polar surface area (TPSA) is 113 Å². The highest BCUT2D eigenvalue weighted by Gasteiger charge is 2.28. The van der Waals surface area contributed by atoms with Crippen LogP contribution < -0.4 is 16.3 Å². The second kappa shape index (κ2) is 10.1. The first-order valence-corrected chi connectivity index (χ1v) is 11.2. The third-order valence-corrected chi connectivity index (χ3v) is 5.88. The number of carbonyl (C=O) groups is 3. The Labute approximate surface area is 205 Å². The number of aryl methyl sites for hydroxylation is 1. The molecule has 1 aliphatic rings. The fourth-order valence-corrected chi connectivity index (χ4v) is 4.10. The number of benzene rings is 2. The van der Waals surface area contributed by atoms with E-state index in [2.05, 4.69) is 21.4 Å². The van der Waals surface area contributed by atoms with Gasteiger partial charge in [0.15, 0.2) is 5.76 Å². The number of carbonyl (C=O) groups excluding carboxylic acids is 3. The average Bonchev–Trinajstić information content (AvgIpc) is 3.18. The van der Waals surface area contributed by atoms with Crippen LogP contribution in [0.15, 0.2) is 58.0 Å². The molecule has 3 N–H and O–H groups in total. The van der Waals surface area contributed by atoms with Crippen LogP contribution in [0.4, 0.5) is 0 Å². The molecule has 3 amide bonds. The highest BCUT2D eigenvalue weighted by molar-refractivity contribution is 6.33. The second-order valence-electron chi connectivity index (χ2n) is 7.61. The average molecular weight is 499 g/mol. The molecule has 174 valence electrons. The van der Waals surface area contributed by atoms with Gasteiger partial charge in [-0.3, -0.25) is 25.2 Å². The maximum Gasteiger partial charge on any atom is 0.305 e. The van der Waals surface area contributed by atoms with Crippen LogP contribution >= 0.6 is 23.2 Å². The molecule has 0 radical (unpaired) electrons. The molecule has 10 heteroatoms. The van der Waals surface area contributed by atoms with Crippen LogP contribution in [0.25, 0.3) is 0 Å². The Morgan fingerprint density at radius 3 is 2.47 bits per heavy atom. The standard InChI is InChI=1S/C24H20Cl2N4O4/c1-13-20-18(27-29-23(32)16-8-2-3-9-17(16)26)10-5-11-19(20)34-21(13)24(33)30-28-22(31)14-6-4-7-15(25)12-14/h2-4,6-9,12H,5,10-11H2,1H3,(H,28,31)(H,29,32)(H,30,33)/b27-18+. The van der Waals surface area contributed by atoms with Crippen molar-refractivity contribution in [1.29, 1.82) is 0 Å². The third kappa shape index (κ3) is 4.98. The predicted octanol–water partition coefficient (Wildman–Crippen LogP) is 4.44. The van der Waals surface area contributed by atoms with Crippen LogP contribution in [-0.2, 0) is 6.42 Å². The predicted molar refractivity (Wildman–Crippen MR) is 128 cm³/mol. The molecule has 4 rings (SSSR count). The molecular weight excluding hydrogens is 479 g/mol. The Kier molecular flexibility index (Phi) is 7.00. The fraction of sp³-hybridized carbons (Fsp3) is 0.167. The van der Waals surface area contributed by atoms with E-state index >= 15 is 0 Å². The second-order valence-corrected chi connectivity index (χ2v) is 8.45. The van der Waals surface area contributed by atoms with E-state index in [0.717, 1.165) is 6.42 Å². The van der Waals surface area contributed by atoms with Gasteiger partial charge in [-0.05, 0) is 50.1 Å². The smallest absolute Gasteiger partial charge is 0.305 e. The summed E-state index contributed by atoms with van der Waals surface area (Å²) in [5, 5.41) is 5.01. The van der Waals surface area contributed by atoms with E-state index in [4.69, 9.17) is 27.6 Å². The molecule has 1 aliphatic carbocycles. The lowest BCUT2D eigenvalue weighted by Gasteiger charge is -2.13. The minimum Gasteiger partial charge on any atom is -0.455 e. The summed E-state index contributed by atoms with van der Waals surface area (Å²) in [6, 6.07) is 13.0. The van der Waals surface area contributed by atoms with Crippen molar-refractivity contribution in [3.05, 3.63) is 92.4 Å². The minimum absolute atomic E-state index is 0.0587. The maximum absolute atomic E-state index is 12.7. The number of rotatable bonds is 4. The first-order valence-electron chi connectivity index (χ1n) is 10.5. The quantitative estimate of drug-likeness (QED) is 0.461. The lowest BCUT2D eigenvalue weighted by atomic mass is 9.93. The van der Waals surface area contributed by atoms with E-state index in [9.17, 15) is 14.4 Å². The van der Waals surface area contributed by atoms with E-state index in [0.29, 0.717) is 56.6 Å². The Bertz CT molecular complexity index is 1320. The monoisotopic (exact) mass is 498 g/mol. The molecule has 1 heterocycles. The normalized spacial score (nSPS) is 13.8. The van der Waals surface area contributed by atoms with Gasteiger partial charge >= 0.3 is 5.91 Å². The highest BCUT2D eigenvalue weighted by atomic mass is 35.5. The molecule has 8 nitrogen and oxygen atoms in total. The van der Waals surface area contributed by atoms with Gasteiger partial charge in [-0.25, -0.2) is 5.43 Å². The summed E-state index contributed by atoms with van der Waals surface area (Å²) in [6.45, 7) is 1.73. The molecule has 3 aromatic rings. The molecule has 0 unspecified atom stereocenters. The summed E-state index contributed by atoms with van der Waals surface area (Å²) in [5.41, 5.74) is 9.69. The van der Waals surface area contributed by atoms with Gasteiger partial charge in [-0.1, -0.05) is 41.4 Å². The first kappa shape index (κ1) is 23.5. The summed E-state index contributed by atoms with van der Waals surface area (Å²) in [7, 11) is 0. The number of nitrogens with zero attached hydrogens (tertiary/aromatic N) is 1. The minimum atomic E-state index is -0.610. The molecule has 0 bridgehead atoms. The van der Waals surface area contributed by atoms with Gasteiger partial charge in [0.1, 0.15) is 5.76 Å². The highest BCUT2D eigenvalue weighted by Crippen LogP contribution is 2.30. The molecule has 0 aliphatic heterocycles. The fourth-order valence-electron chi connectivity index (χ4n) is 3.69. The lowest BCUT2D eigenvalue weighted by Crippen LogP contribution is -2.41. The molecule has 2 aromatic carbocycles. The Hall–Kier alpha value is -3.62. The molecule has 34 heavy (non-hydrogen) atoms. The van der Waals surface area contributed by atoms with Crippen LogP contribution in [0.2, 0.25) is 10.0 Å². The van der Waals surface area contributed by atoms with Gasteiger partial charge in [-0.2, -0.15) is 5.10 Å². The summed E-state index contributed by atoms with van der Waals surface area (Å²) in [6.07, 6.45) is 1.96. The Morgan fingerprint density at radius 1 is 0.941 bits per heavy atom. The van der Waals surface area contributed by atoms with Crippen LogP contribution in [0.5, 0.6) is 0 Å². The number of nitrogens with one attached hydrogen (secondary N) is 3. The SMILES string of the molecule is Cc1c(C(=O)NNC(=O)c2cccc(Cl)c2)oc2c1/C(=N/NC(=O)c1ccccc1Cl)CCC2. The number of amides is 3. The van der Waals surface area contributed by atoms with Crippen molar-refractivity contribution in [2.45, 2.75) is 26.2 Å². The summed E-state index contributed by atoms with van der Waals surface area (Å²) in [4.78, 5) is 37.4. The molecular formula is C24H20Cl2N4O4. The zero-order valence-electron chi connectivity index (χ0n) is 18.1. The summed E-state index contributed by atoms with van der Waals surface area (Å²) >= 11 is 12.0. The van der Waals surface area contributed by atoms with Crippen LogP contribution in [0, 0.1) is 6.92 Å². The molecule has 0 atom stereocenters. The van der Waals surface area contributed by atoms with Gasteiger partial charge in [-0.15, -0.1) is 0 Å². The zero-order chi connectivity index (χ0) is 24.2. The van der Waals surface area contributed by atoms with E-state index in [1.807, 2.05) is 0 Å². The molecule has 0 spiro atoms. The van der Waals surface area contributed by atoms with Gasteiger partial charge in [0.2, 0.25) is 0 Å². The van der Waals surface area contributed by atoms with E-state index in [1.165, 1.54) is 6.07 Å². The van der Waals surface area contributed by atoms with Gasteiger partial charge in [0, 0.05) is 28.1 Å². The Balaban J connectivity index is 1.49. The lowest BCUT2D eigenvalue weighted by molar-refractivity contribution is 0.0829. The van der Waals surface area contributed by atoms with E-state index in [-0.39, 0.29) is 5.76 Å². The number of fused-ring (bicyclic) bond motifs is 1. The van der Waals surface area contributed by atoms with Crippen molar-refractivity contribution >= 4 is 46.6 Å². The largest absolute Gasteiger partial charge is 0.455 e. The van der Waals surface area contributed by atoms with Gasteiger partial charge < -0.3 is 4.42 Å². The molecule has 0 fully saturated rings. The van der Waals surface area contributed by atoms with Crippen molar-refractivity contribution in [2.75, 3.05) is 0 Å². The number of hydrazone groups is 1. The number of halogens is 2. The van der Waals surface area contributed by atoms with Crippen molar-refractivity contribution in [3.63, 3.8) is 0 Å². The van der Waals surface area contributed by atoms with Crippen molar-refractivity contribution < 1.29 is 18.8 Å². The van der Waals surface area contributed by atoms with Crippen LogP contribution in [0.1, 0.15) is 61.0 Å². The maximum atomic E-state index is 12.7. The Morgan fingerprint density at radius 2 is 1.71 bits per heavy atom. The molecule has 1 aromatic heterocycles. The molecule has 0 saturated carbocycles. The number of hydrogen-bond acceptors (Lipinski definition) is 5. The first-order chi connectivity index (χ1) is 16.3. The van der Waals surface area contributed by atoms with E-state index in [1.54, 1.807) is 49.4 Å². The summed E-state index contributed by atoms with van der Waals surface area (Å²) < 4.78 is 5.80. The number of hydrazine groups is 1. The van der Waals surface area contributed by atoms with Crippen molar-refractivity contribution in [2.24, 2.45) is 5.10 Å². The molecule has 0 saturated heterocycles. The zero-order valence-corrected chi connectivity index (χ0v) is 19.6. The van der Waals surface area contributed by atoms with Crippen LogP contribution in [0.3, 0.4) is 0 Å². The van der Waals surface area contributed by atoms with Crippen molar-refractivity contribution in [1.82, 2.24) is 16.3 Å². The van der Waals surface area contributed by atoms with Crippen LogP contribution in [-0.4, -0.2) is 23.4 Å². The van der Waals surface area contributed by atoms with Gasteiger partial charge in [0.05, 0.1) is 16.3 Å². The number of furan rings is 1. The number of hydrogen-bond donors (Lipinski definition) is 3. The van der Waals surface area contributed by atoms with E-state index < -0.39 is 17.7 Å². The third-order valence-electron chi connectivity index (χ3n) is 5.32. The van der Waals surface area contributed by atoms with Crippen molar-refractivity contribution in [3.8, 4) is 0 Å². The summed E-state index contributed by atoms with van der Waals surface area (Å²) in [5.74, 6) is -0.909.